The number of hydrogen-bond acceptors (Lipinski definition) is 9. The molecule has 8 N–H and O–H groups in total. The van der Waals surface area contributed by atoms with Crippen molar-refractivity contribution in [1.82, 2.24) is 16.0 Å². The summed E-state index contributed by atoms with van der Waals surface area (Å²) >= 11 is 0. The van der Waals surface area contributed by atoms with Crippen LogP contribution in [0.2, 0.25) is 0 Å². The quantitative estimate of drug-likeness (QED) is 0.0733. The molecule has 0 aliphatic carbocycles. The Morgan fingerprint density at radius 2 is 1.84 bits per heavy atom. The summed E-state index contributed by atoms with van der Waals surface area (Å²) in [6, 6.07) is 5.66. The van der Waals surface area contributed by atoms with Crippen LogP contribution >= 0.6 is 0 Å². The van der Waals surface area contributed by atoms with Gasteiger partial charge in [0.15, 0.2) is 0 Å². The van der Waals surface area contributed by atoms with E-state index in [-0.39, 0.29) is 19.1 Å². The van der Waals surface area contributed by atoms with E-state index in [0.29, 0.717) is 66.2 Å². The third-order valence-corrected chi connectivity index (χ3v) is 6.28. The number of ether oxygens (including phenoxy) is 1. The molecule has 1 aromatic carbocycles. The van der Waals surface area contributed by atoms with Crippen LogP contribution in [0.25, 0.3) is 5.70 Å². The molecule has 1 rings (SSSR count). The maximum Gasteiger partial charge on any atom is 0.251 e. The monoisotopic (exact) mass is 531 g/mol. The number of nitrogens with zero attached hydrogens (tertiary/aromatic N) is 2. The summed E-state index contributed by atoms with van der Waals surface area (Å²) in [4.78, 5) is 17.5. The molecule has 0 spiro atoms. The minimum absolute atomic E-state index is 0.0373. The lowest BCUT2D eigenvalue weighted by atomic mass is 10.00. The van der Waals surface area contributed by atoms with Crippen LogP contribution < -0.4 is 27.5 Å². The average molecular weight is 532 g/mol. The van der Waals surface area contributed by atoms with Crippen molar-refractivity contribution < 1.29 is 14.6 Å². The third kappa shape index (κ3) is 12.1. The minimum atomic E-state index is -0.456. The topological polar surface area (TPSA) is 159 Å². The average Bonchev–Trinajstić information content (AvgIpc) is 2.91. The number of aliphatic imine (C=N–C) groups is 1. The molecule has 214 valence electrons. The van der Waals surface area contributed by atoms with Gasteiger partial charge >= 0.3 is 0 Å². The van der Waals surface area contributed by atoms with Gasteiger partial charge in [-0.3, -0.25) is 9.79 Å². The van der Waals surface area contributed by atoms with Gasteiger partial charge < -0.3 is 37.4 Å². The molecule has 10 heteroatoms. The van der Waals surface area contributed by atoms with Crippen LogP contribution in [0.15, 0.2) is 34.5 Å². The summed E-state index contributed by atoms with van der Waals surface area (Å²) in [6.07, 6.45) is 5.11. The van der Waals surface area contributed by atoms with Crippen LogP contribution in [0, 0.1) is 5.92 Å². The zero-order chi connectivity index (χ0) is 28.6. The molecule has 1 amide bonds. The van der Waals surface area contributed by atoms with Crippen molar-refractivity contribution in [1.29, 1.82) is 0 Å². The highest BCUT2D eigenvalue weighted by Crippen LogP contribution is 2.17. The van der Waals surface area contributed by atoms with Crippen LogP contribution in [-0.4, -0.2) is 74.0 Å². The summed E-state index contributed by atoms with van der Waals surface area (Å²) in [5.41, 5.74) is 8.61. The zero-order valence-corrected chi connectivity index (χ0v) is 24.0. The van der Waals surface area contributed by atoms with Gasteiger partial charge in [0, 0.05) is 61.3 Å². The van der Waals surface area contributed by atoms with E-state index in [0.717, 1.165) is 12.8 Å². The summed E-state index contributed by atoms with van der Waals surface area (Å²) in [5, 5.41) is 22.5. The molecule has 1 aromatic rings. The first kappa shape index (κ1) is 33.1. The number of hydrazone groups is 1. The van der Waals surface area contributed by atoms with E-state index >= 15 is 0 Å². The molecule has 0 saturated heterocycles. The normalized spacial score (nSPS) is 15.1. The summed E-state index contributed by atoms with van der Waals surface area (Å²) in [6.45, 7) is 14.9. The van der Waals surface area contributed by atoms with Crippen molar-refractivity contribution in [3.8, 4) is 0 Å². The van der Waals surface area contributed by atoms with Crippen LogP contribution in [0.1, 0.15) is 75.9 Å². The van der Waals surface area contributed by atoms with E-state index < -0.39 is 5.60 Å². The number of aliphatic hydroxyl groups is 1. The van der Waals surface area contributed by atoms with E-state index in [2.05, 4.69) is 53.7 Å². The van der Waals surface area contributed by atoms with Gasteiger partial charge in [0.25, 0.3) is 5.91 Å². The lowest BCUT2D eigenvalue weighted by Crippen LogP contribution is -2.39. The largest absolute Gasteiger partial charge is 0.397 e. The van der Waals surface area contributed by atoms with Crippen molar-refractivity contribution in [2.45, 2.75) is 66.0 Å². The zero-order valence-electron chi connectivity index (χ0n) is 24.0. The van der Waals surface area contributed by atoms with Gasteiger partial charge in [-0.1, -0.05) is 41.0 Å². The third-order valence-electron chi connectivity index (χ3n) is 6.28. The van der Waals surface area contributed by atoms with Crippen molar-refractivity contribution in [3.63, 3.8) is 0 Å². The Labute approximate surface area is 228 Å². The highest BCUT2D eigenvalue weighted by molar-refractivity contribution is 6.38. The number of hydrogen-bond donors (Lipinski definition) is 6. The number of amides is 1. The second-order valence-corrected chi connectivity index (χ2v) is 10.0. The van der Waals surface area contributed by atoms with Gasteiger partial charge in [-0.25, -0.2) is 0 Å². The van der Waals surface area contributed by atoms with Crippen LogP contribution in [0.3, 0.4) is 0 Å². The molecule has 0 fully saturated rings. The van der Waals surface area contributed by atoms with Crippen LogP contribution in [0.5, 0.6) is 0 Å². The fraction of sp³-hybridized carbons (Fsp3) is 0.607. The highest BCUT2D eigenvalue weighted by Gasteiger charge is 2.22. The molecule has 0 heterocycles. The first-order chi connectivity index (χ1) is 18.1. The van der Waals surface area contributed by atoms with Gasteiger partial charge in [0.2, 0.25) is 0 Å². The number of carbonyl (C=O) groups is 1. The fourth-order valence-electron chi connectivity index (χ4n) is 3.37. The Morgan fingerprint density at radius 1 is 1.16 bits per heavy atom. The molecular weight excluding hydrogens is 482 g/mol. The SMILES string of the molecule is CCC(C)CN=CC(=NN)c1cc(C(=O)NCCNC(C)C)cc(/C(N)=C/NCC(C)(CC)OCCO)c1. The lowest BCUT2D eigenvalue weighted by Gasteiger charge is -2.28. The maximum absolute atomic E-state index is 13.0. The first-order valence-corrected chi connectivity index (χ1v) is 13.5. The van der Waals surface area contributed by atoms with Crippen LogP contribution in [-0.2, 0) is 4.74 Å². The van der Waals surface area contributed by atoms with E-state index in [9.17, 15) is 4.79 Å². The molecule has 2 unspecified atom stereocenters. The number of aliphatic hydroxyl groups excluding tert-OH is 1. The second-order valence-electron chi connectivity index (χ2n) is 10.0. The molecular formula is C28H49N7O3. The maximum atomic E-state index is 13.0. The Bertz CT molecular complexity index is 946. The van der Waals surface area contributed by atoms with Crippen molar-refractivity contribution in [2.24, 2.45) is 27.6 Å². The predicted molar refractivity (Wildman–Crippen MR) is 157 cm³/mol. The van der Waals surface area contributed by atoms with Crippen molar-refractivity contribution in [3.05, 3.63) is 41.1 Å². The minimum Gasteiger partial charge on any atom is -0.397 e. The molecule has 0 radical (unpaired) electrons. The molecule has 0 aromatic heterocycles. The molecule has 38 heavy (non-hydrogen) atoms. The summed E-state index contributed by atoms with van der Waals surface area (Å²) in [7, 11) is 0. The number of carbonyl (C=O) groups excluding carboxylic acids is 1. The molecule has 0 aliphatic rings. The number of rotatable bonds is 18. The number of nitrogens with two attached hydrogens (primary N) is 2. The standard InChI is InChI=1S/C28H49N7O3/c1-7-21(5)16-31-18-26(35-30)23-13-22(14-24(15-23)27(37)34-10-9-33-20(3)4)25(29)17-32-19-28(6,8-2)38-12-11-36/h13-15,17-18,20-21,32-33,36H,7-12,16,19,29-30H2,1-6H3,(H,34,37)/b25-17-,31-18?,35-26?. The van der Waals surface area contributed by atoms with E-state index in [4.69, 9.17) is 21.4 Å². The molecule has 0 saturated carbocycles. The molecule has 0 aliphatic heterocycles. The van der Waals surface area contributed by atoms with Crippen molar-refractivity contribution in [2.75, 3.05) is 39.4 Å². The first-order valence-electron chi connectivity index (χ1n) is 13.5. The molecule has 0 bridgehead atoms. The Balaban J connectivity index is 3.23. The predicted octanol–water partition coefficient (Wildman–Crippen LogP) is 2.22. The Morgan fingerprint density at radius 3 is 2.45 bits per heavy atom. The molecule has 2 atom stereocenters. The summed E-state index contributed by atoms with van der Waals surface area (Å²) < 4.78 is 5.77. The molecule has 10 nitrogen and oxygen atoms in total. The highest BCUT2D eigenvalue weighted by atomic mass is 16.5. The lowest BCUT2D eigenvalue weighted by molar-refractivity contribution is -0.0448. The van der Waals surface area contributed by atoms with Crippen LogP contribution in [0.4, 0.5) is 0 Å². The number of nitrogens with one attached hydrogen (secondary N) is 3. The van der Waals surface area contributed by atoms with Gasteiger partial charge in [-0.2, -0.15) is 5.10 Å². The van der Waals surface area contributed by atoms with Gasteiger partial charge in [0.05, 0.1) is 24.5 Å². The van der Waals surface area contributed by atoms with E-state index in [1.807, 2.05) is 19.9 Å². The Hall–Kier alpha value is -2.95. The van der Waals surface area contributed by atoms with Crippen molar-refractivity contribution >= 4 is 23.5 Å². The fourth-order valence-corrected chi connectivity index (χ4v) is 3.37. The van der Waals surface area contributed by atoms with Gasteiger partial charge in [-0.05, 0) is 37.5 Å². The second kappa shape index (κ2) is 17.5. The number of benzene rings is 1. The van der Waals surface area contributed by atoms with E-state index in [1.54, 1.807) is 24.5 Å². The smallest absolute Gasteiger partial charge is 0.251 e. The summed E-state index contributed by atoms with van der Waals surface area (Å²) in [5.74, 6) is 5.94. The van der Waals surface area contributed by atoms with E-state index in [1.165, 1.54) is 0 Å². The van der Waals surface area contributed by atoms with Gasteiger partial charge in [0.1, 0.15) is 5.71 Å². The Kier molecular flexibility index (Phi) is 15.3. The van der Waals surface area contributed by atoms with Gasteiger partial charge in [-0.15, -0.1) is 0 Å².